The first-order valence-corrected chi connectivity index (χ1v) is 8.85. The summed E-state index contributed by atoms with van der Waals surface area (Å²) in [6.45, 7) is 2.06. The predicted molar refractivity (Wildman–Crippen MR) is 101 cm³/mol. The molecule has 0 spiro atoms. The summed E-state index contributed by atoms with van der Waals surface area (Å²) in [5.74, 6) is 0.834. The van der Waals surface area contributed by atoms with E-state index >= 15 is 0 Å². The average Bonchev–Trinajstić information content (AvgIpc) is 2.91. The standard InChI is InChI=1S/C18H18Cl2N4/c19-16-4-2-1-3-14(16)12-5-6-17-15(11-12)18(23-24(17)20)22-13-7-9-21-10-8-13/h1-6,11,13,21H,7-10H2,(H,22,23). The Morgan fingerprint density at radius 3 is 2.71 bits per heavy atom. The molecule has 4 nitrogen and oxygen atoms in total. The van der Waals surface area contributed by atoms with Crippen LogP contribution in [0.3, 0.4) is 0 Å². The number of anilines is 1. The zero-order chi connectivity index (χ0) is 16.5. The van der Waals surface area contributed by atoms with E-state index in [1.165, 1.54) is 4.20 Å². The second kappa shape index (κ2) is 6.63. The van der Waals surface area contributed by atoms with Gasteiger partial charge in [-0.15, -0.1) is 5.10 Å². The molecule has 0 bridgehead atoms. The molecular weight excluding hydrogens is 343 g/mol. The van der Waals surface area contributed by atoms with Gasteiger partial charge in [0.05, 0.1) is 5.52 Å². The van der Waals surface area contributed by atoms with Gasteiger partial charge in [0.1, 0.15) is 0 Å². The summed E-state index contributed by atoms with van der Waals surface area (Å²) < 4.78 is 1.41. The van der Waals surface area contributed by atoms with Crippen molar-refractivity contribution in [2.45, 2.75) is 18.9 Å². The highest BCUT2D eigenvalue weighted by molar-refractivity contribution is 6.33. The molecule has 124 valence electrons. The third-order valence-corrected chi connectivity index (χ3v) is 5.09. The van der Waals surface area contributed by atoms with Gasteiger partial charge >= 0.3 is 0 Å². The van der Waals surface area contributed by atoms with Crippen molar-refractivity contribution in [2.75, 3.05) is 18.4 Å². The molecule has 6 heteroatoms. The Kier molecular flexibility index (Phi) is 4.35. The first-order valence-electron chi connectivity index (χ1n) is 8.13. The molecule has 0 radical (unpaired) electrons. The van der Waals surface area contributed by atoms with Crippen LogP contribution < -0.4 is 10.6 Å². The van der Waals surface area contributed by atoms with Crippen LogP contribution >= 0.6 is 23.4 Å². The number of hydrogen-bond acceptors (Lipinski definition) is 3. The molecule has 1 fully saturated rings. The number of nitrogens with one attached hydrogen (secondary N) is 2. The molecule has 1 aliphatic heterocycles. The Morgan fingerprint density at radius 1 is 1.12 bits per heavy atom. The summed E-state index contributed by atoms with van der Waals surface area (Å²) in [5.41, 5.74) is 2.96. The summed E-state index contributed by atoms with van der Waals surface area (Å²) in [6.07, 6.45) is 2.17. The van der Waals surface area contributed by atoms with E-state index in [9.17, 15) is 0 Å². The van der Waals surface area contributed by atoms with Crippen molar-refractivity contribution in [3.63, 3.8) is 0 Å². The fraction of sp³-hybridized carbons (Fsp3) is 0.278. The summed E-state index contributed by atoms with van der Waals surface area (Å²) >= 11 is 12.6. The summed E-state index contributed by atoms with van der Waals surface area (Å²) in [5, 5.41) is 13.1. The van der Waals surface area contributed by atoms with Crippen molar-refractivity contribution in [3.8, 4) is 11.1 Å². The van der Waals surface area contributed by atoms with E-state index in [-0.39, 0.29) is 0 Å². The smallest absolute Gasteiger partial charge is 0.157 e. The van der Waals surface area contributed by atoms with Gasteiger partial charge in [-0.3, -0.25) is 0 Å². The Labute approximate surface area is 150 Å². The summed E-state index contributed by atoms with van der Waals surface area (Å²) in [6, 6.07) is 14.4. The van der Waals surface area contributed by atoms with Crippen molar-refractivity contribution < 1.29 is 0 Å². The van der Waals surface area contributed by atoms with Crippen molar-refractivity contribution >= 4 is 40.1 Å². The lowest BCUT2D eigenvalue weighted by atomic mass is 10.0. The topological polar surface area (TPSA) is 41.9 Å². The minimum absolute atomic E-state index is 0.421. The quantitative estimate of drug-likeness (QED) is 0.721. The zero-order valence-corrected chi connectivity index (χ0v) is 14.6. The molecular formula is C18H18Cl2N4. The van der Waals surface area contributed by atoms with E-state index in [0.29, 0.717) is 6.04 Å². The van der Waals surface area contributed by atoms with Crippen LogP contribution in [-0.2, 0) is 0 Å². The molecule has 0 saturated carbocycles. The molecule has 0 atom stereocenters. The van der Waals surface area contributed by atoms with E-state index in [2.05, 4.69) is 21.8 Å². The molecule has 2 N–H and O–H groups in total. The lowest BCUT2D eigenvalue weighted by molar-refractivity contribution is 0.478. The monoisotopic (exact) mass is 360 g/mol. The Bertz CT molecular complexity index is 869. The van der Waals surface area contributed by atoms with Gasteiger partial charge in [0.2, 0.25) is 0 Å². The molecule has 3 aromatic rings. The normalized spacial score (nSPS) is 15.8. The van der Waals surface area contributed by atoms with Gasteiger partial charge < -0.3 is 10.6 Å². The van der Waals surface area contributed by atoms with Gasteiger partial charge in [0.15, 0.2) is 5.82 Å². The first kappa shape index (κ1) is 15.8. The second-order valence-electron chi connectivity index (χ2n) is 6.09. The molecule has 0 amide bonds. The fourth-order valence-corrected chi connectivity index (χ4v) is 3.68. The molecule has 24 heavy (non-hydrogen) atoms. The van der Waals surface area contributed by atoms with Gasteiger partial charge in [-0.25, -0.2) is 0 Å². The number of rotatable bonds is 3. The number of piperidine rings is 1. The van der Waals surface area contributed by atoms with Crippen molar-refractivity contribution in [3.05, 3.63) is 47.5 Å². The maximum Gasteiger partial charge on any atom is 0.157 e. The number of nitrogens with zero attached hydrogens (tertiary/aromatic N) is 2. The molecule has 1 aliphatic rings. The Hall–Kier alpha value is -1.75. The van der Waals surface area contributed by atoms with Crippen molar-refractivity contribution in [2.24, 2.45) is 0 Å². The molecule has 1 aromatic heterocycles. The summed E-state index contributed by atoms with van der Waals surface area (Å²) in [4.78, 5) is 0. The average molecular weight is 361 g/mol. The van der Waals surface area contributed by atoms with E-state index in [1.807, 2.05) is 36.4 Å². The largest absolute Gasteiger partial charge is 0.365 e. The highest BCUT2D eigenvalue weighted by Gasteiger charge is 2.17. The van der Waals surface area contributed by atoms with E-state index < -0.39 is 0 Å². The number of benzene rings is 2. The first-order chi connectivity index (χ1) is 11.7. The lowest BCUT2D eigenvalue weighted by Gasteiger charge is -2.23. The Balaban J connectivity index is 1.74. The summed E-state index contributed by atoms with van der Waals surface area (Å²) in [7, 11) is 0. The van der Waals surface area contributed by atoms with Crippen molar-refractivity contribution in [1.29, 1.82) is 0 Å². The van der Waals surface area contributed by atoms with Crippen LogP contribution in [0.5, 0.6) is 0 Å². The third kappa shape index (κ3) is 2.97. The van der Waals surface area contributed by atoms with Crippen LogP contribution in [0, 0.1) is 0 Å². The van der Waals surface area contributed by atoms with Crippen LogP contribution in [0.25, 0.3) is 22.0 Å². The van der Waals surface area contributed by atoms with Crippen LogP contribution in [0.15, 0.2) is 42.5 Å². The van der Waals surface area contributed by atoms with Crippen LogP contribution in [-0.4, -0.2) is 28.4 Å². The molecule has 1 saturated heterocycles. The van der Waals surface area contributed by atoms with Gasteiger partial charge in [-0.1, -0.05) is 35.9 Å². The van der Waals surface area contributed by atoms with Crippen LogP contribution in [0.1, 0.15) is 12.8 Å². The Morgan fingerprint density at radius 2 is 1.92 bits per heavy atom. The molecule has 0 aliphatic carbocycles. The number of hydrogen-bond donors (Lipinski definition) is 2. The van der Waals surface area contributed by atoms with Crippen LogP contribution in [0.2, 0.25) is 5.02 Å². The molecule has 4 rings (SSSR count). The number of halogens is 2. The van der Waals surface area contributed by atoms with Gasteiger partial charge in [0.25, 0.3) is 0 Å². The van der Waals surface area contributed by atoms with Gasteiger partial charge in [0, 0.05) is 33.8 Å². The highest BCUT2D eigenvalue weighted by Crippen LogP contribution is 2.33. The zero-order valence-electron chi connectivity index (χ0n) is 13.1. The maximum absolute atomic E-state index is 6.34. The molecule has 2 aromatic carbocycles. The van der Waals surface area contributed by atoms with E-state index in [0.717, 1.165) is 58.8 Å². The second-order valence-corrected chi connectivity index (χ2v) is 6.82. The number of aromatic nitrogens is 2. The third-order valence-electron chi connectivity index (χ3n) is 4.50. The SMILES string of the molecule is Clc1ccccc1-c1ccc2c(c1)c(NC1CCNCC1)nn2Cl. The predicted octanol–water partition coefficient (Wildman–Crippen LogP) is 4.52. The van der Waals surface area contributed by atoms with Crippen molar-refractivity contribution in [1.82, 2.24) is 14.6 Å². The highest BCUT2D eigenvalue weighted by atomic mass is 35.5. The fourth-order valence-electron chi connectivity index (χ4n) is 3.21. The van der Waals surface area contributed by atoms with Crippen LogP contribution in [0.4, 0.5) is 5.82 Å². The number of fused-ring (bicyclic) bond motifs is 1. The molecule has 0 unspecified atom stereocenters. The lowest BCUT2D eigenvalue weighted by Crippen LogP contribution is -2.35. The van der Waals surface area contributed by atoms with Gasteiger partial charge in [-0.2, -0.15) is 4.20 Å². The maximum atomic E-state index is 6.34. The minimum Gasteiger partial charge on any atom is -0.365 e. The minimum atomic E-state index is 0.421. The molecule has 2 heterocycles. The van der Waals surface area contributed by atoms with Gasteiger partial charge in [-0.05, 0) is 49.7 Å². The van der Waals surface area contributed by atoms with E-state index in [1.54, 1.807) is 0 Å². The van der Waals surface area contributed by atoms with E-state index in [4.69, 9.17) is 23.4 Å².